The molecule has 2 N–H and O–H groups in total. The minimum atomic E-state index is -0.736. The molecule has 136 valence electrons. The molecular weight excluding hydrogens is 362 g/mol. The number of nitrogens with zero attached hydrogens (tertiary/aromatic N) is 1. The van der Waals surface area contributed by atoms with Gasteiger partial charge in [-0.05, 0) is 43.1 Å². The van der Waals surface area contributed by atoms with Crippen LogP contribution in [-0.2, 0) is 4.74 Å². The average molecular weight is 383 g/mol. The van der Waals surface area contributed by atoms with Gasteiger partial charge in [-0.2, -0.15) is 0 Å². The summed E-state index contributed by atoms with van der Waals surface area (Å²) in [7, 11) is 1.21. The third-order valence-electron chi connectivity index (χ3n) is 4.03. The predicted molar refractivity (Wildman–Crippen MR) is 102 cm³/mol. The molecule has 9 heteroatoms. The number of rotatable bonds is 5. The molecule has 1 amide bonds. The lowest BCUT2D eigenvalue weighted by atomic mass is 9.91. The quantitative estimate of drug-likeness (QED) is 0.338. The van der Waals surface area contributed by atoms with E-state index in [0.717, 1.165) is 10.6 Å². The number of nitro groups is 1. The zero-order chi connectivity index (χ0) is 18.2. The van der Waals surface area contributed by atoms with Crippen LogP contribution in [0.3, 0.4) is 0 Å². The molecular formula is C16H21N3O4S2. The summed E-state index contributed by atoms with van der Waals surface area (Å²) < 4.78 is 4.43. The van der Waals surface area contributed by atoms with E-state index in [4.69, 9.17) is 12.2 Å². The number of thiocarbonyl (C=S) groups is 1. The van der Waals surface area contributed by atoms with E-state index in [1.54, 1.807) is 17.8 Å². The monoisotopic (exact) mass is 383 g/mol. The van der Waals surface area contributed by atoms with Crippen LogP contribution in [0.15, 0.2) is 23.1 Å². The highest BCUT2D eigenvalue weighted by Crippen LogP contribution is 2.34. The third-order valence-corrected chi connectivity index (χ3v) is 5.45. The summed E-state index contributed by atoms with van der Waals surface area (Å²) in [5.41, 5.74) is 0.149. The highest BCUT2D eigenvalue weighted by atomic mass is 32.2. The number of anilines is 1. The molecule has 1 aliphatic rings. The summed E-state index contributed by atoms with van der Waals surface area (Å²) in [6.07, 6.45) is 5.61. The average Bonchev–Trinajstić information content (AvgIpc) is 2.61. The summed E-state index contributed by atoms with van der Waals surface area (Å²) in [5, 5.41) is 16.2. The highest BCUT2D eigenvalue weighted by Gasteiger charge is 2.18. The van der Waals surface area contributed by atoms with Crippen molar-refractivity contribution in [3.05, 3.63) is 28.3 Å². The van der Waals surface area contributed by atoms with Gasteiger partial charge in [0, 0.05) is 16.7 Å². The van der Waals surface area contributed by atoms with Crippen molar-refractivity contribution in [2.24, 2.45) is 5.92 Å². The number of ether oxygens (including phenoxy) is 1. The normalized spacial score (nSPS) is 14.6. The van der Waals surface area contributed by atoms with Crippen molar-refractivity contribution in [1.82, 2.24) is 5.32 Å². The van der Waals surface area contributed by atoms with E-state index >= 15 is 0 Å². The van der Waals surface area contributed by atoms with E-state index in [9.17, 15) is 14.9 Å². The Morgan fingerprint density at radius 3 is 2.76 bits per heavy atom. The lowest BCUT2D eigenvalue weighted by Crippen LogP contribution is -2.34. The molecule has 25 heavy (non-hydrogen) atoms. The molecule has 0 heterocycles. The molecule has 1 fully saturated rings. The van der Waals surface area contributed by atoms with E-state index in [1.807, 2.05) is 6.07 Å². The molecule has 0 unspecified atom stereocenters. The topological polar surface area (TPSA) is 93.5 Å². The van der Waals surface area contributed by atoms with Gasteiger partial charge >= 0.3 is 6.09 Å². The number of hydrogen-bond donors (Lipinski definition) is 2. The molecule has 0 aliphatic heterocycles. The standard InChI is InChI=1S/C16H21N3O4S2/c1-23-16(20)18-15(24)17-13-8-7-12(9-14(13)19(21)22)25-10-11-5-3-2-4-6-11/h7-9,11H,2-6,10H2,1H3,(H2,17,18,20,24). The van der Waals surface area contributed by atoms with Crippen LogP contribution in [0, 0.1) is 16.0 Å². The van der Waals surface area contributed by atoms with Gasteiger partial charge in [0.15, 0.2) is 5.11 Å². The van der Waals surface area contributed by atoms with E-state index in [-0.39, 0.29) is 16.5 Å². The molecule has 1 saturated carbocycles. The number of thioether (sulfide) groups is 1. The summed E-state index contributed by atoms with van der Waals surface area (Å²) in [6, 6.07) is 4.97. The Balaban J connectivity index is 2.02. The second-order valence-corrected chi connectivity index (χ2v) is 7.32. The van der Waals surface area contributed by atoms with Crippen molar-refractivity contribution in [3.63, 3.8) is 0 Å². The maximum atomic E-state index is 11.3. The SMILES string of the molecule is COC(=O)NC(=S)Nc1ccc(SCC2CCCCC2)cc1[N+](=O)[O-]. The third kappa shape index (κ3) is 6.17. The van der Waals surface area contributed by atoms with Crippen molar-refractivity contribution in [2.75, 3.05) is 18.2 Å². The maximum absolute atomic E-state index is 11.3. The van der Waals surface area contributed by atoms with Gasteiger partial charge < -0.3 is 10.1 Å². The Morgan fingerprint density at radius 2 is 2.12 bits per heavy atom. The summed E-state index contributed by atoms with van der Waals surface area (Å²) in [4.78, 5) is 22.9. The molecule has 1 aromatic carbocycles. The van der Waals surface area contributed by atoms with Crippen LogP contribution < -0.4 is 10.6 Å². The van der Waals surface area contributed by atoms with Gasteiger partial charge in [-0.3, -0.25) is 15.4 Å². The second kappa shape index (κ2) is 9.57. The largest absolute Gasteiger partial charge is 0.453 e. The van der Waals surface area contributed by atoms with Gasteiger partial charge in [-0.25, -0.2) is 4.79 Å². The molecule has 1 aromatic rings. The summed E-state index contributed by atoms with van der Waals surface area (Å²) in [5.74, 6) is 1.67. The lowest BCUT2D eigenvalue weighted by Gasteiger charge is -2.20. The molecule has 0 atom stereocenters. The molecule has 2 rings (SSSR count). The Bertz CT molecular complexity index is 648. The van der Waals surface area contributed by atoms with Gasteiger partial charge in [0.2, 0.25) is 0 Å². The molecule has 0 spiro atoms. The molecule has 1 aliphatic carbocycles. The van der Waals surface area contributed by atoms with Gasteiger partial charge in [-0.15, -0.1) is 11.8 Å². The van der Waals surface area contributed by atoms with E-state index in [1.165, 1.54) is 45.3 Å². The smallest absolute Gasteiger partial charge is 0.413 e. The van der Waals surface area contributed by atoms with Crippen LogP contribution in [0.5, 0.6) is 0 Å². The zero-order valence-electron chi connectivity index (χ0n) is 13.9. The minimum absolute atomic E-state index is 0.0578. The first-order chi connectivity index (χ1) is 12.0. The fourth-order valence-electron chi connectivity index (χ4n) is 2.72. The van der Waals surface area contributed by atoms with Crippen LogP contribution >= 0.6 is 24.0 Å². The Morgan fingerprint density at radius 1 is 1.40 bits per heavy atom. The van der Waals surface area contributed by atoms with Crippen LogP contribution in [0.4, 0.5) is 16.2 Å². The van der Waals surface area contributed by atoms with E-state index in [0.29, 0.717) is 5.92 Å². The molecule has 7 nitrogen and oxygen atoms in total. The zero-order valence-corrected chi connectivity index (χ0v) is 15.6. The van der Waals surface area contributed by atoms with Crippen LogP contribution in [0.2, 0.25) is 0 Å². The molecule has 0 radical (unpaired) electrons. The molecule has 0 saturated heterocycles. The van der Waals surface area contributed by atoms with Gasteiger partial charge in [0.05, 0.1) is 12.0 Å². The van der Waals surface area contributed by atoms with Gasteiger partial charge in [0.25, 0.3) is 5.69 Å². The Labute approximate surface area is 156 Å². The van der Waals surface area contributed by atoms with Crippen molar-refractivity contribution >= 4 is 46.6 Å². The van der Waals surface area contributed by atoms with Gasteiger partial charge in [0.1, 0.15) is 5.69 Å². The number of carbonyl (C=O) groups is 1. The van der Waals surface area contributed by atoms with Crippen molar-refractivity contribution in [2.45, 2.75) is 37.0 Å². The van der Waals surface area contributed by atoms with Crippen LogP contribution in [0.25, 0.3) is 0 Å². The van der Waals surface area contributed by atoms with Crippen molar-refractivity contribution in [1.29, 1.82) is 0 Å². The van der Waals surface area contributed by atoms with Gasteiger partial charge in [-0.1, -0.05) is 19.3 Å². The first kappa shape index (κ1) is 19.5. The first-order valence-corrected chi connectivity index (χ1v) is 9.46. The summed E-state index contributed by atoms with van der Waals surface area (Å²) in [6.45, 7) is 0. The van der Waals surface area contributed by atoms with Crippen LogP contribution in [-0.4, -0.2) is 29.0 Å². The number of nitro benzene ring substituents is 1. The fourth-order valence-corrected chi connectivity index (χ4v) is 4.04. The Hall–Kier alpha value is -1.87. The maximum Gasteiger partial charge on any atom is 0.413 e. The number of amides is 1. The number of methoxy groups -OCH3 is 1. The number of carbonyl (C=O) groups excluding carboxylic acids is 1. The number of nitrogens with one attached hydrogen (secondary N) is 2. The fraction of sp³-hybridized carbons (Fsp3) is 0.500. The highest BCUT2D eigenvalue weighted by molar-refractivity contribution is 7.99. The van der Waals surface area contributed by atoms with E-state index in [2.05, 4.69) is 15.4 Å². The minimum Gasteiger partial charge on any atom is -0.453 e. The molecule has 0 aromatic heterocycles. The first-order valence-electron chi connectivity index (χ1n) is 8.06. The Kier molecular flexibility index (Phi) is 7.45. The number of hydrogen-bond acceptors (Lipinski definition) is 6. The van der Waals surface area contributed by atoms with Crippen molar-refractivity contribution in [3.8, 4) is 0 Å². The molecule has 0 bridgehead atoms. The van der Waals surface area contributed by atoms with Crippen LogP contribution in [0.1, 0.15) is 32.1 Å². The second-order valence-electron chi connectivity index (χ2n) is 5.82. The predicted octanol–water partition coefficient (Wildman–Crippen LogP) is 4.32. The number of benzene rings is 1. The van der Waals surface area contributed by atoms with E-state index < -0.39 is 11.0 Å². The summed E-state index contributed by atoms with van der Waals surface area (Å²) >= 11 is 6.59. The number of alkyl carbamates (subject to hydrolysis) is 1. The lowest BCUT2D eigenvalue weighted by molar-refractivity contribution is -0.384. The van der Waals surface area contributed by atoms with Crippen molar-refractivity contribution < 1.29 is 14.5 Å².